The number of carbonyl (C=O) groups excluding carboxylic acids is 2. The highest BCUT2D eigenvalue weighted by molar-refractivity contribution is 6.28. The minimum Gasteiger partial charge on any atom is -0.348 e. The van der Waals surface area contributed by atoms with Crippen molar-refractivity contribution in [2.24, 2.45) is 35.1 Å². The van der Waals surface area contributed by atoms with Crippen LogP contribution in [-0.4, -0.2) is 282 Å². The Morgan fingerprint density at radius 3 is 0.846 bits per heavy atom. The molecule has 24 heteroatoms. The van der Waals surface area contributed by atoms with E-state index in [-0.39, 0.29) is 33.5 Å². The molecule has 0 atom stereocenters. The molecule has 4 aromatic carbocycles. The van der Waals surface area contributed by atoms with Crippen LogP contribution >= 0.6 is 23.2 Å². The number of benzene rings is 4. The van der Waals surface area contributed by atoms with Crippen molar-refractivity contribution in [2.75, 3.05) is 144 Å². The Kier molecular flexibility index (Phi) is 34.1. The zero-order chi connectivity index (χ0) is 92.6. The molecule has 10 heterocycles. The second kappa shape index (κ2) is 47.4. The first-order valence-electron chi connectivity index (χ1n) is 54.3. The summed E-state index contributed by atoms with van der Waals surface area (Å²) in [5.74, 6) is 4.10. The smallest absolute Gasteiger partial charge is 0.268 e. The Hall–Kier alpha value is -6.84. The highest BCUT2D eigenvalue weighted by atomic mass is 35.5. The quantitative estimate of drug-likeness (QED) is 0.0466. The van der Waals surface area contributed by atoms with Gasteiger partial charge in [-0.05, 0) is 261 Å². The molecule has 10 aliphatic carbocycles. The number of nitrogens with one attached hydrogen (secondary N) is 2. The zero-order valence-electron chi connectivity index (χ0n) is 82.1. The highest BCUT2D eigenvalue weighted by Crippen LogP contribution is 2.44. The molecule has 24 rings (SSSR count). The van der Waals surface area contributed by atoms with Gasteiger partial charge in [0.1, 0.15) is 22.7 Å². The summed E-state index contributed by atoms with van der Waals surface area (Å²) in [5, 5.41) is 8.29. The predicted molar refractivity (Wildman–Crippen MR) is 552 cm³/mol. The lowest BCUT2D eigenvalue weighted by Gasteiger charge is -2.44. The summed E-state index contributed by atoms with van der Waals surface area (Å²) >= 11 is 11.9. The van der Waals surface area contributed by atoms with Gasteiger partial charge >= 0.3 is 0 Å². The van der Waals surface area contributed by atoms with Crippen LogP contribution in [-0.2, 0) is 37.3 Å². The van der Waals surface area contributed by atoms with Crippen LogP contribution in [0.15, 0.2) is 146 Å². The van der Waals surface area contributed by atoms with Gasteiger partial charge < -0.3 is 50.8 Å². The number of hydrogen-bond donors (Lipinski definition) is 4. The summed E-state index contributed by atoms with van der Waals surface area (Å²) in [5.41, 5.74) is 20.6. The zero-order valence-corrected chi connectivity index (χ0v) is 83.6. The van der Waals surface area contributed by atoms with Crippen molar-refractivity contribution in [3.63, 3.8) is 0 Å². The summed E-state index contributed by atoms with van der Waals surface area (Å²) in [6.07, 6.45) is 48.0. The SMILES string of the molecule is NC1CCC(N2CCN(CC3CC3)CC2)CC1.NC1CCC(N2CCN(CC3CC3)CC2)CC1.O=C1NCC2(CCCCC2)n2c1cc1cnc(Cl)nc12.O=C1NCC2(CCCCC2)n2c1cc1cnc(Cl)nc12.c1ccc(CN(Cc2ccccc2)C2CCC(N3CCN(CC4CC4)CC3)CC2)cc1.c1ccc(CN(Cc2ccccc2)C2CCC(N3CCN(CC4CC4)CC3)CC2)cc1. The molecule has 136 heavy (non-hydrogen) atoms. The number of fused-ring (bicyclic) bond motifs is 8. The van der Waals surface area contributed by atoms with E-state index in [0.717, 1.165) is 122 Å². The fourth-order valence-corrected chi connectivity index (χ4v) is 25.9. The van der Waals surface area contributed by atoms with Gasteiger partial charge in [0.05, 0.1) is 11.1 Å². The Labute approximate surface area is 823 Å². The van der Waals surface area contributed by atoms with Crippen LogP contribution in [0.4, 0.5) is 0 Å². The van der Waals surface area contributed by atoms with Gasteiger partial charge in [-0.2, -0.15) is 9.97 Å². The number of rotatable bonds is 22. The van der Waals surface area contributed by atoms with Crippen LogP contribution in [0.25, 0.3) is 22.1 Å². The monoisotopic (exact) mass is 1890 g/mol. The predicted octanol–water partition coefficient (Wildman–Crippen LogP) is 17.6. The number of aromatic nitrogens is 6. The molecule has 4 aromatic heterocycles. The number of halogens is 2. The molecule has 10 saturated carbocycles. The summed E-state index contributed by atoms with van der Waals surface area (Å²) < 4.78 is 4.24. The van der Waals surface area contributed by atoms with Crippen molar-refractivity contribution >= 4 is 57.1 Å². The molecule has 14 fully saturated rings. The van der Waals surface area contributed by atoms with Gasteiger partial charge in [0, 0.05) is 242 Å². The van der Waals surface area contributed by atoms with E-state index in [1.54, 1.807) is 12.4 Å². The van der Waals surface area contributed by atoms with E-state index in [0.29, 0.717) is 48.6 Å². The first kappa shape index (κ1) is 98.0. The summed E-state index contributed by atoms with van der Waals surface area (Å²) in [6.45, 7) is 31.9. The van der Waals surface area contributed by atoms with E-state index >= 15 is 0 Å². The lowest BCUT2D eigenvalue weighted by Crippen LogP contribution is -2.52. The molecule has 4 saturated heterocycles. The van der Waals surface area contributed by atoms with Crippen molar-refractivity contribution in [1.82, 2.24) is 88.7 Å². The molecule has 2 amide bonds. The Bertz CT molecular complexity index is 4580. The highest BCUT2D eigenvalue weighted by Gasteiger charge is 2.45. The molecule has 16 aliphatic rings. The average molecular weight is 1890 g/mol. The number of carbonyl (C=O) groups is 2. The second-order valence-electron chi connectivity index (χ2n) is 44.4. The largest absolute Gasteiger partial charge is 0.348 e. The third kappa shape index (κ3) is 26.7. The van der Waals surface area contributed by atoms with Crippen molar-refractivity contribution in [3.05, 3.63) is 190 Å². The van der Waals surface area contributed by atoms with Crippen LogP contribution in [0.5, 0.6) is 0 Å². The first-order valence-corrected chi connectivity index (χ1v) is 55.1. The molecule has 0 bridgehead atoms. The Morgan fingerprint density at radius 2 is 0.588 bits per heavy atom. The van der Waals surface area contributed by atoms with Gasteiger partial charge in [0.15, 0.2) is 0 Å². The average Bonchev–Trinajstić information content (AvgIpc) is 1.57. The molecule has 0 radical (unpaired) electrons. The Balaban J connectivity index is 0.000000106. The maximum Gasteiger partial charge on any atom is 0.268 e. The van der Waals surface area contributed by atoms with Crippen molar-refractivity contribution in [1.29, 1.82) is 0 Å². The van der Waals surface area contributed by atoms with Gasteiger partial charge in [0.25, 0.3) is 11.8 Å². The summed E-state index contributed by atoms with van der Waals surface area (Å²) in [7, 11) is 0. The van der Waals surface area contributed by atoms with Gasteiger partial charge in [-0.3, -0.25) is 39.0 Å². The fraction of sp³-hybridized carbons (Fsp3) is 0.661. The number of piperazine rings is 4. The molecule has 8 aromatic rings. The van der Waals surface area contributed by atoms with E-state index in [2.05, 4.69) is 210 Å². The number of hydrogen-bond acceptors (Lipinski definition) is 18. The number of nitrogens with zero attached hydrogens (tertiary/aromatic N) is 16. The van der Waals surface area contributed by atoms with Gasteiger partial charge in [-0.15, -0.1) is 0 Å². The van der Waals surface area contributed by atoms with Crippen LogP contribution in [0.3, 0.4) is 0 Å². The van der Waals surface area contributed by atoms with Crippen molar-refractivity contribution in [3.8, 4) is 0 Å². The standard InChI is InChI=1S/2C28H39N3.2C14H15ClN4O.2C14H27N3/c2*1-3-7-24(8-4-1)22-31(23-25-9-5-2-6-10-25)28-15-13-27(14-16-28)30-19-17-29(18-20-30)21-26-11-12-26;2*15-13-16-7-9-6-10-12(20)17-8-14(4-2-1-3-5-14)19(10)11(9)18-13;2*15-13-3-5-14(6-4-13)17-9-7-16(8-10-17)11-12-1-2-12/h2*1-10,26-28H,11-23H2;2*6-7H,1-5,8H2,(H,17,20);2*12-14H,1-11,15H2. The molecule has 6 aliphatic heterocycles. The minimum absolute atomic E-state index is 0.0321. The van der Waals surface area contributed by atoms with E-state index in [9.17, 15) is 9.59 Å². The van der Waals surface area contributed by atoms with E-state index < -0.39 is 0 Å². The van der Waals surface area contributed by atoms with Crippen LogP contribution in [0, 0.1) is 23.7 Å². The van der Waals surface area contributed by atoms with Gasteiger partial charge in [-0.1, -0.05) is 160 Å². The first-order chi connectivity index (χ1) is 66.7. The third-order valence-electron chi connectivity index (χ3n) is 34.5. The maximum absolute atomic E-state index is 12.2. The molecule has 6 N–H and O–H groups in total. The summed E-state index contributed by atoms with van der Waals surface area (Å²) in [4.78, 5) is 68.5. The second-order valence-corrected chi connectivity index (χ2v) is 45.1. The molecular formula is C112H162Cl2N20O2. The minimum atomic E-state index is -0.0407. The molecule has 736 valence electrons. The molecular weight excluding hydrogens is 1730 g/mol. The van der Waals surface area contributed by atoms with Crippen molar-refractivity contribution < 1.29 is 9.59 Å². The fourth-order valence-electron chi connectivity index (χ4n) is 25.6. The normalized spacial score (nSPS) is 27.2. The van der Waals surface area contributed by atoms with E-state index in [1.807, 2.05) is 12.1 Å². The van der Waals surface area contributed by atoms with E-state index in [1.165, 1.54) is 346 Å². The van der Waals surface area contributed by atoms with Crippen molar-refractivity contribution in [2.45, 2.75) is 304 Å². The van der Waals surface area contributed by atoms with Crippen LogP contribution in [0.1, 0.15) is 262 Å². The molecule has 0 unspecified atom stereocenters. The lowest BCUT2D eigenvalue weighted by atomic mass is 9.80. The molecule has 2 spiro atoms. The Morgan fingerprint density at radius 1 is 0.331 bits per heavy atom. The number of nitrogens with two attached hydrogens (primary N) is 2. The van der Waals surface area contributed by atoms with E-state index in [4.69, 9.17) is 34.7 Å². The van der Waals surface area contributed by atoms with Crippen LogP contribution in [0.2, 0.25) is 10.6 Å². The topological polar surface area (TPSA) is 204 Å². The third-order valence-corrected chi connectivity index (χ3v) is 34.8. The maximum atomic E-state index is 12.2. The number of amides is 2. The van der Waals surface area contributed by atoms with Crippen LogP contribution < -0.4 is 22.1 Å². The van der Waals surface area contributed by atoms with Gasteiger partial charge in [-0.25, -0.2) is 9.97 Å². The lowest BCUT2D eigenvalue weighted by molar-refractivity contribution is 0.0509. The molecule has 22 nitrogen and oxygen atoms in total. The summed E-state index contributed by atoms with van der Waals surface area (Å²) in [6, 6.07) is 53.6. The van der Waals surface area contributed by atoms with Gasteiger partial charge in [0.2, 0.25) is 10.6 Å².